The van der Waals surface area contributed by atoms with Gasteiger partial charge in [-0.1, -0.05) is 6.07 Å². The number of halogens is 3. The van der Waals surface area contributed by atoms with Crippen LogP contribution in [0.2, 0.25) is 0 Å². The first kappa shape index (κ1) is 12.6. The Hall–Kier alpha value is -0.840. The molecule has 94 valence electrons. The highest BCUT2D eigenvalue weighted by atomic mass is 32.2. The van der Waals surface area contributed by atoms with Crippen molar-refractivity contribution in [3.63, 3.8) is 0 Å². The van der Waals surface area contributed by atoms with E-state index in [9.17, 15) is 13.2 Å². The van der Waals surface area contributed by atoms with Crippen LogP contribution in [0, 0.1) is 6.92 Å². The summed E-state index contributed by atoms with van der Waals surface area (Å²) >= 11 is -0.0188. The average Bonchev–Trinajstić information content (AvgIpc) is 2.71. The number of anilines is 1. The van der Waals surface area contributed by atoms with E-state index in [1.165, 1.54) is 0 Å². The molecule has 1 nitrogen and oxygen atoms in total. The van der Waals surface area contributed by atoms with Gasteiger partial charge in [-0.2, -0.15) is 13.2 Å². The molecule has 1 heterocycles. The zero-order valence-electron chi connectivity index (χ0n) is 9.55. The van der Waals surface area contributed by atoms with Gasteiger partial charge in [0.25, 0.3) is 0 Å². The second-order valence-electron chi connectivity index (χ2n) is 4.21. The fraction of sp³-hybridized carbons (Fsp3) is 0.500. The molecule has 1 fully saturated rings. The summed E-state index contributed by atoms with van der Waals surface area (Å²) in [4.78, 5) is 2.35. The van der Waals surface area contributed by atoms with Gasteiger partial charge in [0, 0.05) is 18.0 Å². The van der Waals surface area contributed by atoms with Crippen molar-refractivity contribution in [1.82, 2.24) is 0 Å². The van der Waals surface area contributed by atoms with Crippen LogP contribution in [-0.4, -0.2) is 18.6 Å². The smallest absolute Gasteiger partial charge is 0.371 e. The fourth-order valence-corrected chi connectivity index (χ4v) is 2.72. The molecular formula is C12H14F3NS. The summed E-state index contributed by atoms with van der Waals surface area (Å²) < 4.78 is 37.4. The van der Waals surface area contributed by atoms with Crippen molar-refractivity contribution in [2.45, 2.75) is 30.2 Å². The first-order chi connectivity index (χ1) is 7.96. The van der Waals surface area contributed by atoms with Crippen molar-refractivity contribution in [1.29, 1.82) is 0 Å². The maximum absolute atomic E-state index is 12.5. The van der Waals surface area contributed by atoms with E-state index in [1.807, 2.05) is 17.9 Å². The van der Waals surface area contributed by atoms with Crippen molar-refractivity contribution in [3.05, 3.63) is 23.8 Å². The van der Waals surface area contributed by atoms with E-state index < -0.39 is 5.51 Å². The Morgan fingerprint density at radius 2 is 1.82 bits per heavy atom. The van der Waals surface area contributed by atoms with Gasteiger partial charge in [0.15, 0.2) is 0 Å². The van der Waals surface area contributed by atoms with Crippen LogP contribution < -0.4 is 4.90 Å². The summed E-state index contributed by atoms with van der Waals surface area (Å²) in [5, 5.41) is 0. The summed E-state index contributed by atoms with van der Waals surface area (Å²) in [7, 11) is 0. The minimum Gasteiger partial charge on any atom is -0.371 e. The number of alkyl halides is 3. The van der Waals surface area contributed by atoms with Gasteiger partial charge in [0.05, 0.1) is 5.69 Å². The largest absolute Gasteiger partial charge is 0.446 e. The van der Waals surface area contributed by atoms with E-state index in [2.05, 4.69) is 0 Å². The lowest BCUT2D eigenvalue weighted by molar-refractivity contribution is -0.0328. The molecule has 0 bridgehead atoms. The number of rotatable bonds is 2. The molecule has 0 aromatic heterocycles. The predicted octanol–water partition coefficient (Wildman–Crippen LogP) is 4.21. The van der Waals surface area contributed by atoms with Gasteiger partial charge in [-0.3, -0.25) is 0 Å². The molecule has 1 aromatic carbocycles. The molecule has 1 aromatic rings. The molecule has 0 saturated carbocycles. The highest BCUT2D eigenvalue weighted by Gasteiger charge is 2.31. The molecule has 1 saturated heterocycles. The zero-order chi connectivity index (χ0) is 12.5. The van der Waals surface area contributed by atoms with Crippen LogP contribution in [0.1, 0.15) is 18.4 Å². The number of thioether (sulfide) groups is 1. The van der Waals surface area contributed by atoms with Gasteiger partial charge >= 0.3 is 5.51 Å². The Balaban J connectivity index is 2.30. The topological polar surface area (TPSA) is 3.24 Å². The van der Waals surface area contributed by atoms with E-state index in [-0.39, 0.29) is 11.8 Å². The molecule has 0 amide bonds. The number of benzene rings is 1. The maximum Gasteiger partial charge on any atom is 0.446 e. The normalized spacial score (nSPS) is 16.6. The summed E-state index contributed by atoms with van der Waals surface area (Å²) in [6, 6.07) is 5.15. The SMILES string of the molecule is Cc1ccc(SC(F)(F)F)c(N2CCCC2)c1. The van der Waals surface area contributed by atoms with Crippen LogP contribution in [0.3, 0.4) is 0 Å². The predicted molar refractivity (Wildman–Crippen MR) is 64.5 cm³/mol. The highest BCUT2D eigenvalue weighted by Crippen LogP contribution is 2.42. The van der Waals surface area contributed by atoms with Crippen molar-refractivity contribution < 1.29 is 13.2 Å². The van der Waals surface area contributed by atoms with E-state index in [4.69, 9.17) is 0 Å². The Morgan fingerprint density at radius 3 is 2.41 bits per heavy atom. The molecule has 0 spiro atoms. The van der Waals surface area contributed by atoms with E-state index in [0.29, 0.717) is 4.90 Å². The van der Waals surface area contributed by atoms with Crippen molar-refractivity contribution in [2.75, 3.05) is 18.0 Å². The molecule has 1 aliphatic rings. The van der Waals surface area contributed by atoms with Gasteiger partial charge in [0.1, 0.15) is 0 Å². The standard InChI is InChI=1S/C12H14F3NS/c1-9-4-5-11(17-12(13,14)15)10(8-9)16-6-2-3-7-16/h4-5,8H,2-3,6-7H2,1H3. The third-order valence-corrected chi connectivity index (χ3v) is 3.58. The molecule has 0 radical (unpaired) electrons. The van der Waals surface area contributed by atoms with E-state index in [1.54, 1.807) is 12.1 Å². The molecule has 2 rings (SSSR count). The van der Waals surface area contributed by atoms with E-state index in [0.717, 1.165) is 37.2 Å². The lowest BCUT2D eigenvalue weighted by Gasteiger charge is -2.22. The monoisotopic (exact) mass is 261 g/mol. The minimum atomic E-state index is -4.22. The second-order valence-corrected chi connectivity index (χ2v) is 5.32. The first-order valence-electron chi connectivity index (χ1n) is 5.57. The van der Waals surface area contributed by atoms with Crippen LogP contribution in [-0.2, 0) is 0 Å². The summed E-state index contributed by atoms with van der Waals surface area (Å²) in [6.45, 7) is 3.62. The summed E-state index contributed by atoms with van der Waals surface area (Å²) in [5.74, 6) is 0. The minimum absolute atomic E-state index is 0.0188. The Labute approximate surface area is 103 Å². The van der Waals surface area contributed by atoms with Gasteiger partial charge in [-0.05, 0) is 49.2 Å². The Kier molecular flexibility index (Phi) is 3.56. The number of hydrogen-bond donors (Lipinski definition) is 0. The van der Waals surface area contributed by atoms with Crippen molar-refractivity contribution >= 4 is 17.4 Å². The van der Waals surface area contributed by atoms with Crippen molar-refractivity contribution in [2.24, 2.45) is 0 Å². The third kappa shape index (κ3) is 3.31. The number of nitrogens with zero attached hydrogens (tertiary/aromatic N) is 1. The average molecular weight is 261 g/mol. The fourth-order valence-electron chi connectivity index (χ4n) is 2.04. The van der Waals surface area contributed by atoms with Crippen LogP contribution in [0.25, 0.3) is 0 Å². The Morgan fingerprint density at radius 1 is 1.18 bits per heavy atom. The summed E-state index contributed by atoms with van der Waals surface area (Å²) in [5.41, 5.74) is -2.49. The van der Waals surface area contributed by atoms with Crippen LogP contribution in [0.4, 0.5) is 18.9 Å². The molecular weight excluding hydrogens is 247 g/mol. The first-order valence-corrected chi connectivity index (χ1v) is 6.39. The zero-order valence-corrected chi connectivity index (χ0v) is 10.4. The molecule has 0 atom stereocenters. The molecule has 17 heavy (non-hydrogen) atoms. The van der Waals surface area contributed by atoms with E-state index >= 15 is 0 Å². The lowest BCUT2D eigenvalue weighted by atomic mass is 10.2. The summed E-state index contributed by atoms with van der Waals surface area (Å²) in [6.07, 6.45) is 2.12. The lowest BCUT2D eigenvalue weighted by Crippen LogP contribution is -2.19. The maximum atomic E-state index is 12.5. The van der Waals surface area contributed by atoms with Crippen LogP contribution in [0.15, 0.2) is 23.1 Å². The van der Waals surface area contributed by atoms with Crippen molar-refractivity contribution in [3.8, 4) is 0 Å². The van der Waals surface area contributed by atoms with Gasteiger partial charge < -0.3 is 4.90 Å². The quantitative estimate of drug-likeness (QED) is 0.734. The van der Waals surface area contributed by atoms with Gasteiger partial charge in [-0.15, -0.1) is 0 Å². The number of hydrogen-bond acceptors (Lipinski definition) is 2. The molecule has 5 heteroatoms. The molecule has 1 aliphatic heterocycles. The molecule has 0 unspecified atom stereocenters. The van der Waals surface area contributed by atoms with Crippen LogP contribution in [0.5, 0.6) is 0 Å². The second kappa shape index (κ2) is 4.80. The Bertz CT molecular complexity index is 397. The van der Waals surface area contributed by atoms with Gasteiger partial charge in [-0.25, -0.2) is 0 Å². The third-order valence-electron chi connectivity index (χ3n) is 2.79. The van der Waals surface area contributed by atoms with Crippen LogP contribution >= 0.6 is 11.8 Å². The highest BCUT2D eigenvalue weighted by molar-refractivity contribution is 8.00. The number of aryl methyl sites for hydroxylation is 1. The molecule has 0 N–H and O–H groups in total. The van der Waals surface area contributed by atoms with Gasteiger partial charge in [0.2, 0.25) is 0 Å². The molecule has 0 aliphatic carbocycles.